The minimum atomic E-state index is -0.231. The summed E-state index contributed by atoms with van der Waals surface area (Å²) in [6.07, 6.45) is 1.18. The molecule has 24 heavy (non-hydrogen) atoms. The Labute approximate surface area is 154 Å². The highest BCUT2D eigenvalue weighted by molar-refractivity contribution is 8.14. The minimum absolute atomic E-state index is 0.185. The predicted octanol–water partition coefficient (Wildman–Crippen LogP) is 3.93. The quantitative estimate of drug-likeness (QED) is 0.857. The fourth-order valence-corrected chi connectivity index (χ4v) is 4.23. The average molecular weight is 381 g/mol. The van der Waals surface area contributed by atoms with E-state index in [1.807, 2.05) is 23.5 Å². The first-order chi connectivity index (χ1) is 11.6. The van der Waals surface area contributed by atoms with Gasteiger partial charge in [-0.05, 0) is 35.1 Å². The van der Waals surface area contributed by atoms with E-state index in [9.17, 15) is 9.59 Å². The van der Waals surface area contributed by atoms with Crippen molar-refractivity contribution in [1.29, 1.82) is 0 Å². The van der Waals surface area contributed by atoms with E-state index >= 15 is 0 Å². The molecule has 1 N–H and O–H groups in total. The van der Waals surface area contributed by atoms with E-state index in [1.165, 1.54) is 17.5 Å². The molecule has 126 valence electrons. The van der Waals surface area contributed by atoms with E-state index in [1.54, 1.807) is 4.88 Å². The Morgan fingerprint density at radius 2 is 2.04 bits per heavy atom. The van der Waals surface area contributed by atoms with Crippen molar-refractivity contribution in [3.05, 3.63) is 56.7 Å². The number of thioether (sulfide) groups is 1. The number of nitrogens with one attached hydrogen (secondary N) is 1. The Kier molecular flexibility index (Phi) is 5.94. The van der Waals surface area contributed by atoms with Gasteiger partial charge in [-0.15, -0.1) is 11.3 Å². The first-order valence-electron chi connectivity index (χ1n) is 7.59. The molecule has 0 aliphatic carbocycles. The number of hydrogen-bond donors (Lipinski definition) is 1. The molecule has 4 nitrogen and oxygen atoms in total. The number of rotatable bonds is 2. The second kappa shape index (κ2) is 8.16. The van der Waals surface area contributed by atoms with E-state index in [4.69, 9.17) is 11.6 Å². The Bertz CT molecular complexity index is 734. The molecule has 4 rings (SSSR count). The maximum absolute atomic E-state index is 10.1. The third kappa shape index (κ3) is 4.60. The zero-order valence-corrected chi connectivity index (χ0v) is 15.3. The molecular weight excluding hydrogens is 364 g/mol. The van der Waals surface area contributed by atoms with E-state index in [0.29, 0.717) is 5.75 Å². The number of thiophene rings is 1. The zero-order chi connectivity index (χ0) is 16.9. The van der Waals surface area contributed by atoms with Crippen molar-refractivity contribution < 1.29 is 9.59 Å². The molecule has 0 atom stereocenters. The highest BCUT2D eigenvalue weighted by Crippen LogP contribution is 2.26. The fourth-order valence-electron chi connectivity index (χ4n) is 2.63. The monoisotopic (exact) mass is 380 g/mol. The van der Waals surface area contributed by atoms with Gasteiger partial charge in [0.15, 0.2) is 0 Å². The topological polar surface area (TPSA) is 49.4 Å². The van der Waals surface area contributed by atoms with Gasteiger partial charge in [-0.3, -0.25) is 19.8 Å². The molecule has 3 heterocycles. The molecule has 1 fully saturated rings. The molecule has 1 saturated heterocycles. The van der Waals surface area contributed by atoms with E-state index in [2.05, 4.69) is 33.8 Å². The summed E-state index contributed by atoms with van der Waals surface area (Å²) in [5.74, 6) is 0.105. The summed E-state index contributed by atoms with van der Waals surface area (Å²) in [5, 5.41) is 4.95. The minimum Gasteiger partial charge on any atom is -0.294 e. The third-order valence-electron chi connectivity index (χ3n) is 3.81. The Balaban J connectivity index is 0.000000203. The molecule has 0 radical (unpaired) electrons. The van der Waals surface area contributed by atoms with Gasteiger partial charge in [0, 0.05) is 29.5 Å². The van der Waals surface area contributed by atoms with Crippen molar-refractivity contribution in [2.24, 2.45) is 0 Å². The van der Waals surface area contributed by atoms with Crippen LogP contribution in [0.25, 0.3) is 0 Å². The maximum atomic E-state index is 10.1. The van der Waals surface area contributed by atoms with Crippen LogP contribution >= 0.6 is 34.7 Å². The van der Waals surface area contributed by atoms with E-state index in [0.717, 1.165) is 36.4 Å². The maximum Gasteiger partial charge on any atom is 0.286 e. The molecular formula is C17H17ClN2O2S2. The first-order valence-corrected chi connectivity index (χ1v) is 9.84. The summed E-state index contributed by atoms with van der Waals surface area (Å²) in [4.78, 5) is 24.2. The number of benzene rings is 1. The lowest BCUT2D eigenvalue weighted by Gasteiger charge is -2.27. The van der Waals surface area contributed by atoms with Crippen molar-refractivity contribution in [1.82, 2.24) is 10.2 Å². The molecule has 2 aliphatic heterocycles. The van der Waals surface area contributed by atoms with Gasteiger partial charge in [0.2, 0.25) is 5.91 Å². The summed E-state index contributed by atoms with van der Waals surface area (Å²) in [5.41, 5.74) is 2.72. The van der Waals surface area contributed by atoms with Crippen molar-refractivity contribution in [3.63, 3.8) is 0 Å². The summed E-state index contributed by atoms with van der Waals surface area (Å²) in [7, 11) is 0. The molecule has 7 heteroatoms. The molecule has 0 spiro atoms. The van der Waals surface area contributed by atoms with E-state index < -0.39 is 0 Å². The van der Waals surface area contributed by atoms with Crippen LogP contribution in [0.1, 0.15) is 16.0 Å². The lowest BCUT2D eigenvalue weighted by molar-refractivity contribution is -0.117. The molecule has 2 amide bonds. The van der Waals surface area contributed by atoms with Gasteiger partial charge in [0.05, 0.1) is 5.75 Å². The van der Waals surface area contributed by atoms with Gasteiger partial charge in [-0.2, -0.15) is 0 Å². The summed E-state index contributed by atoms with van der Waals surface area (Å²) >= 11 is 9.09. The lowest BCUT2D eigenvalue weighted by atomic mass is 10.1. The van der Waals surface area contributed by atoms with Crippen molar-refractivity contribution in [2.45, 2.75) is 19.5 Å². The van der Waals surface area contributed by atoms with Crippen molar-refractivity contribution in [3.8, 4) is 0 Å². The summed E-state index contributed by atoms with van der Waals surface area (Å²) < 4.78 is 0. The SMILES string of the molecule is Clc1ccccc1CN1CCc2sccc2C1.O=C1CSC(=O)N1. The predicted molar refractivity (Wildman–Crippen MR) is 99.6 cm³/mol. The Morgan fingerprint density at radius 1 is 1.21 bits per heavy atom. The first kappa shape index (κ1) is 17.5. The molecule has 0 unspecified atom stereocenters. The van der Waals surface area contributed by atoms with Gasteiger partial charge in [0.1, 0.15) is 0 Å². The van der Waals surface area contributed by atoms with Crippen LogP contribution in [0.15, 0.2) is 35.7 Å². The number of halogens is 1. The van der Waals surface area contributed by atoms with Crippen LogP contribution < -0.4 is 5.32 Å². The summed E-state index contributed by atoms with van der Waals surface area (Å²) in [6.45, 7) is 3.15. The van der Waals surface area contributed by atoms with Crippen LogP contribution in [0.2, 0.25) is 5.02 Å². The van der Waals surface area contributed by atoms with Crippen LogP contribution in [-0.2, 0) is 24.3 Å². The standard InChI is InChI=1S/C14H14ClNS.C3H3NO2S/c15-13-4-2-1-3-11(13)9-16-7-5-14-12(10-16)6-8-17-14;5-2-1-7-3(6)4-2/h1-4,6,8H,5,7,9-10H2;1H2,(H,4,5,6). The number of fused-ring (bicyclic) bond motifs is 1. The molecule has 2 aliphatic rings. The van der Waals surface area contributed by atoms with Crippen LogP contribution in [0.5, 0.6) is 0 Å². The molecule has 0 saturated carbocycles. The number of carbonyl (C=O) groups excluding carboxylic acids is 2. The largest absolute Gasteiger partial charge is 0.294 e. The Morgan fingerprint density at radius 3 is 2.71 bits per heavy atom. The van der Waals surface area contributed by atoms with Crippen molar-refractivity contribution >= 4 is 45.8 Å². The molecule has 2 aromatic rings. The highest BCUT2D eigenvalue weighted by atomic mass is 35.5. The molecule has 1 aromatic heterocycles. The molecule has 0 bridgehead atoms. The second-order valence-corrected chi connectivity index (χ2v) is 7.90. The van der Waals surface area contributed by atoms with Gasteiger partial charge in [0.25, 0.3) is 5.24 Å². The molecule has 1 aromatic carbocycles. The smallest absolute Gasteiger partial charge is 0.286 e. The number of hydrogen-bond acceptors (Lipinski definition) is 5. The Hall–Kier alpha value is -1.34. The van der Waals surface area contributed by atoms with Crippen LogP contribution in [0, 0.1) is 0 Å². The van der Waals surface area contributed by atoms with Crippen molar-refractivity contribution in [2.75, 3.05) is 12.3 Å². The highest BCUT2D eigenvalue weighted by Gasteiger charge is 2.18. The normalized spacial score (nSPS) is 17.0. The number of amides is 2. The van der Waals surface area contributed by atoms with E-state index in [-0.39, 0.29) is 11.1 Å². The third-order valence-corrected chi connectivity index (χ3v) is 5.98. The van der Waals surface area contributed by atoms with Crippen LogP contribution in [0.4, 0.5) is 4.79 Å². The van der Waals surface area contributed by atoms with Crippen LogP contribution in [0.3, 0.4) is 0 Å². The average Bonchev–Trinajstić information content (AvgIpc) is 3.18. The fraction of sp³-hybridized carbons (Fsp3) is 0.294. The van der Waals surface area contributed by atoms with Gasteiger partial charge in [-0.25, -0.2) is 0 Å². The number of imide groups is 1. The van der Waals surface area contributed by atoms with Crippen LogP contribution in [-0.4, -0.2) is 28.3 Å². The lowest BCUT2D eigenvalue weighted by Crippen LogP contribution is -2.29. The summed E-state index contributed by atoms with van der Waals surface area (Å²) in [6, 6.07) is 10.4. The van der Waals surface area contributed by atoms with Gasteiger partial charge in [-0.1, -0.05) is 41.6 Å². The second-order valence-electron chi connectivity index (χ2n) is 5.55. The number of carbonyl (C=O) groups is 2. The number of nitrogens with zero attached hydrogens (tertiary/aromatic N) is 1. The van der Waals surface area contributed by atoms with Gasteiger partial charge >= 0.3 is 0 Å². The zero-order valence-electron chi connectivity index (χ0n) is 13.0. The van der Waals surface area contributed by atoms with Gasteiger partial charge < -0.3 is 0 Å².